The highest BCUT2D eigenvalue weighted by atomic mass is 35.5. The zero-order valence-corrected chi connectivity index (χ0v) is 17.2. The molecule has 0 aliphatic heterocycles. The van der Waals surface area contributed by atoms with Gasteiger partial charge in [-0.2, -0.15) is 0 Å². The minimum Gasteiger partial charge on any atom is -0.324 e. The number of Topliss-reactive ketones (excluding diaryl/α,β-unsaturated/α-hetero) is 1. The Bertz CT molecular complexity index is 1030. The Kier molecular flexibility index (Phi) is 6.16. The summed E-state index contributed by atoms with van der Waals surface area (Å²) < 4.78 is 1.80. The predicted molar refractivity (Wildman–Crippen MR) is 112 cm³/mol. The molecule has 1 N–H and O–H groups in total. The van der Waals surface area contributed by atoms with E-state index in [1.54, 1.807) is 41.8 Å². The van der Waals surface area contributed by atoms with E-state index in [0.29, 0.717) is 27.3 Å². The van der Waals surface area contributed by atoms with Crippen LogP contribution in [0.15, 0.2) is 53.7 Å². The fraction of sp³-hybridized carbons (Fsp3) is 0.200. The molecule has 1 atom stereocenters. The number of ketones is 1. The molecule has 144 valence electrons. The van der Waals surface area contributed by atoms with Gasteiger partial charge in [0.15, 0.2) is 16.8 Å². The maximum Gasteiger partial charge on any atom is 0.237 e. The highest BCUT2D eigenvalue weighted by molar-refractivity contribution is 8.00. The largest absolute Gasteiger partial charge is 0.324 e. The van der Waals surface area contributed by atoms with Gasteiger partial charge in [-0.1, -0.05) is 47.6 Å². The van der Waals surface area contributed by atoms with E-state index in [9.17, 15) is 9.59 Å². The summed E-state index contributed by atoms with van der Waals surface area (Å²) in [6.45, 7) is 3.25. The zero-order valence-electron chi connectivity index (χ0n) is 15.6. The summed E-state index contributed by atoms with van der Waals surface area (Å²) >= 11 is 7.53. The maximum atomic E-state index is 12.6. The van der Waals surface area contributed by atoms with Crippen LogP contribution < -0.4 is 5.32 Å². The predicted octanol–water partition coefficient (Wildman–Crippen LogP) is 4.46. The molecule has 0 spiro atoms. The van der Waals surface area contributed by atoms with Crippen molar-refractivity contribution in [2.24, 2.45) is 7.05 Å². The second kappa shape index (κ2) is 8.58. The van der Waals surface area contributed by atoms with Gasteiger partial charge in [0, 0.05) is 18.2 Å². The van der Waals surface area contributed by atoms with E-state index in [4.69, 9.17) is 11.6 Å². The van der Waals surface area contributed by atoms with Crippen LogP contribution in [0.3, 0.4) is 0 Å². The summed E-state index contributed by atoms with van der Waals surface area (Å²) in [6.07, 6.45) is 0. The number of carbonyl (C=O) groups is 2. The van der Waals surface area contributed by atoms with Crippen LogP contribution in [0, 0.1) is 0 Å². The van der Waals surface area contributed by atoms with Crippen LogP contribution in [0.1, 0.15) is 24.2 Å². The number of nitrogens with zero attached hydrogens (tertiary/aromatic N) is 3. The number of hydrogen-bond donors (Lipinski definition) is 1. The van der Waals surface area contributed by atoms with Crippen molar-refractivity contribution in [2.75, 3.05) is 5.32 Å². The molecule has 0 saturated carbocycles. The average Bonchev–Trinajstić information content (AvgIpc) is 3.02. The first-order chi connectivity index (χ1) is 13.4. The van der Waals surface area contributed by atoms with E-state index in [-0.39, 0.29) is 11.7 Å². The Hall–Kier alpha value is -2.64. The molecule has 3 rings (SSSR count). The maximum absolute atomic E-state index is 12.6. The summed E-state index contributed by atoms with van der Waals surface area (Å²) in [6, 6.07) is 14.3. The molecule has 6 nitrogen and oxygen atoms in total. The molecular weight excluding hydrogens is 396 g/mol. The van der Waals surface area contributed by atoms with Crippen LogP contribution >= 0.6 is 23.4 Å². The summed E-state index contributed by atoms with van der Waals surface area (Å²) in [4.78, 5) is 24.3. The van der Waals surface area contributed by atoms with Gasteiger partial charge < -0.3 is 9.88 Å². The van der Waals surface area contributed by atoms with Crippen LogP contribution in [-0.4, -0.2) is 31.7 Å². The van der Waals surface area contributed by atoms with E-state index in [1.807, 2.05) is 25.2 Å². The number of carbonyl (C=O) groups excluding carboxylic acids is 2. The van der Waals surface area contributed by atoms with Gasteiger partial charge in [0.25, 0.3) is 0 Å². The van der Waals surface area contributed by atoms with Crippen LogP contribution in [0.25, 0.3) is 11.4 Å². The molecular formula is C20H19ClN4O2S. The first-order valence-corrected chi connectivity index (χ1v) is 9.86. The molecule has 0 radical (unpaired) electrons. The van der Waals surface area contributed by atoms with Crippen molar-refractivity contribution in [1.82, 2.24) is 14.8 Å². The number of anilines is 1. The Morgan fingerprint density at radius 1 is 1.11 bits per heavy atom. The van der Waals surface area contributed by atoms with Gasteiger partial charge >= 0.3 is 0 Å². The first kappa shape index (κ1) is 20.1. The highest BCUT2D eigenvalue weighted by Crippen LogP contribution is 2.30. The number of thioether (sulfide) groups is 1. The van der Waals surface area contributed by atoms with Crippen molar-refractivity contribution in [1.29, 1.82) is 0 Å². The Morgan fingerprint density at radius 2 is 1.79 bits per heavy atom. The number of aromatic nitrogens is 3. The molecule has 28 heavy (non-hydrogen) atoms. The molecule has 0 saturated heterocycles. The fourth-order valence-electron chi connectivity index (χ4n) is 2.64. The van der Waals surface area contributed by atoms with Crippen molar-refractivity contribution in [3.8, 4) is 11.4 Å². The molecule has 0 aliphatic carbocycles. The van der Waals surface area contributed by atoms with E-state index < -0.39 is 5.25 Å². The molecule has 1 heterocycles. The lowest BCUT2D eigenvalue weighted by molar-refractivity contribution is -0.115. The number of nitrogens with one attached hydrogen (secondary N) is 1. The Labute approximate surface area is 172 Å². The number of benzene rings is 2. The van der Waals surface area contributed by atoms with Gasteiger partial charge in [0.2, 0.25) is 5.91 Å². The van der Waals surface area contributed by atoms with Gasteiger partial charge in [0.1, 0.15) is 0 Å². The number of halogens is 1. The van der Waals surface area contributed by atoms with Crippen molar-refractivity contribution in [3.05, 3.63) is 59.1 Å². The molecule has 8 heteroatoms. The average molecular weight is 415 g/mol. The van der Waals surface area contributed by atoms with Gasteiger partial charge in [-0.3, -0.25) is 9.59 Å². The number of amides is 1. The zero-order chi connectivity index (χ0) is 20.3. The minimum absolute atomic E-state index is 0.103. The van der Waals surface area contributed by atoms with E-state index in [0.717, 1.165) is 5.56 Å². The summed E-state index contributed by atoms with van der Waals surface area (Å²) in [7, 11) is 1.83. The van der Waals surface area contributed by atoms with Crippen molar-refractivity contribution < 1.29 is 9.59 Å². The van der Waals surface area contributed by atoms with Crippen molar-refractivity contribution in [3.63, 3.8) is 0 Å². The molecule has 0 unspecified atom stereocenters. The monoisotopic (exact) mass is 414 g/mol. The first-order valence-electron chi connectivity index (χ1n) is 8.60. The molecule has 2 aromatic carbocycles. The van der Waals surface area contributed by atoms with Crippen molar-refractivity contribution in [2.45, 2.75) is 24.3 Å². The molecule has 1 aromatic heterocycles. The topological polar surface area (TPSA) is 76.9 Å². The third-order valence-electron chi connectivity index (χ3n) is 4.17. The molecule has 0 aliphatic rings. The van der Waals surface area contributed by atoms with Gasteiger partial charge in [-0.15, -0.1) is 10.2 Å². The lowest BCUT2D eigenvalue weighted by Crippen LogP contribution is -2.23. The highest BCUT2D eigenvalue weighted by Gasteiger charge is 2.21. The fourth-order valence-corrected chi connectivity index (χ4v) is 3.67. The molecule has 1 amide bonds. The van der Waals surface area contributed by atoms with E-state index >= 15 is 0 Å². The van der Waals surface area contributed by atoms with Crippen molar-refractivity contribution >= 4 is 40.7 Å². The summed E-state index contributed by atoms with van der Waals surface area (Å²) in [5.74, 6) is 0.303. The summed E-state index contributed by atoms with van der Waals surface area (Å²) in [5.41, 5.74) is 1.76. The Morgan fingerprint density at radius 3 is 2.50 bits per heavy atom. The van der Waals surface area contributed by atoms with Crippen LogP contribution in [-0.2, 0) is 11.8 Å². The Balaban J connectivity index is 1.75. The van der Waals surface area contributed by atoms with Gasteiger partial charge in [-0.25, -0.2) is 0 Å². The van der Waals surface area contributed by atoms with Crippen LogP contribution in [0.2, 0.25) is 5.02 Å². The number of para-hydroxylation sites is 1. The normalized spacial score (nSPS) is 11.9. The van der Waals surface area contributed by atoms with Crippen LogP contribution in [0.4, 0.5) is 5.69 Å². The second-order valence-electron chi connectivity index (χ2n) is 6.20. The third kappa shape index (κ3) is 4.26. The smallest absolute Gasteiger partial charge is 0.237 e. The standard InChI is InChI=1S/C20H19ClN4O2S/c1-12(26)14-8-5-7-11-17(14)22-19(27)13(2)28-20-24-23-18(25(20)3)15-9-4-6-10-16(15)21/h4-11,13H,1-3H3,(H,22,27)/t13-/m0/s1. The SMILES string of the molecule is CC(=O)c1ccccc1NC(=O)[C@H](C)Sc1nnc(-c2ccccc2Cl)n1C. The van der Waals surface area contributed by atoms with E-state index in [2.05, 4.69) is 15.5 Å². The second-order valence-corrected chi connectivity index (χ2v) is 7.91. The van der Waals surface area contributed by atoms with Gasteiger partial charge in [-0.05, 0) is 38.1 Å². The number of hydrogen-bond acceptors (Lipinski definition) is 5. The quantitative estimate of drug-likeness (QED) is 0.476. The van der Waals surface area contributed by atoms with E-state index in [1.165, 1.54) is 18.7 Å². The summed E-state index contributed by atoms with van der Waals surface area (Å²) in [5, 5.41) is 12.0. The number of rotatable bonds is 6. The third-order valence-corrected chi connectivity index (χ3v) is 5.63. The molecule has 0 fully saturated rings. The molecule has 0 bridgehead atoms. The van der Waals surface area contributed by atoms with Gasteiger partial charge in [0.05, 0.1) is 16.0 Å². The van der Waals surface area contributed by atoms with Crippen LogP contribution in [0.5, 0.6) is 0 Å². The lowest BCUT2D eigenvalue weighted by atomic mass is 10.1. The molecule has 3 aromatic rings. The lowest BCUT2D eigenvalue weighted by Gasteiger charge is -2.13. The minimum atomic E-state index is -0.443.